The number of nitrogens with zero attached hydrogens (tertiary/aromatic N) is 2. The van der Waals surface area contributed by atoms with Crippen LogP contribution in [0.1, 0.15) is 12.1 Å². The van der Waals surface area contributed by atoms with E-state index in [1.165, 1.54) is 0 Å². The van der Waals surface area contributed by atoms with Crippen LogP contribution in [-0.2, 0) is 6.42 Å². The number of aromatic amines is 1. The van der Waals surface area contributed by atoms with Crippen molar-refractivity contribution in [3.63, 3.8) is 0 Å². The van der Waals surface area contributed by atoms with E-state index in [0.717, 1.165) is 18.5 Å². The van der Waals surface area contributed by atoms with Crippen molar-refractivity contribution in [2.24, 2.45) is 5.73 Å². The van der Waals surface area contributed by atoms with Gasteiger partial charge < -0.3 is 5.73 Å². The summed E-state index contributed by atoms with van der Waals surface area (Å²) >= 11 is 0. The number of rotatable bonds is 3. The van der Waals surface area contributed by atoms with Gasteiger partial charge in [-0.25, -0.2) is 0 Å². The van der Waals surface area contributed by atoms with E-state index in [-0.39, 0.29) is 24.8 Å². The standard InChI is InChI=1S/C5H10N4.2ClH/c6-3-1-2-5-4-7-9-8-5;;/h4H,1-3,6H2,(H,7,8,9);2*1H. The molecule has 4 nitrogen and oxygen atoms in total. The maximum atomic E-state index is 5.29. The molecule has 0 aliphatic carbocycles. The lowest BCUT2D eigenvalue weighted by Crippen LogP contribution is -2.00. The zero-order chi connectivity index (χ0) is 6.53. The molecule has 66 valence electrons. The molecule has 0 amide bonds. The molecule has 0 spiro atoms. The van der Waals surface area contributed by atoms with Crippen molar-refractivity contribution >= 4 is 24.8 Å². The monoisotopic (exact) mass is 198 g/mol. The van der Waals surface area contributed by atoms with Gasteiger partial charge in [0.1, 0.15) is 0 Å². The molecule has 0 atom stereocenters. The second-order valence-corrected chi connectivity index (χ2v) is 1.85. The van der Waals surface area contributed by atoms with Crippen LogP contribution in [-0.4, -0.2) is 22.0 Å². The van der Waals surface area contributed by atoms with Gasteiger partial charge in [-0.1, -0.05) is 0 Å². The summed E-state index contributed by atoms with van der Waals surface area (Å²) in [5.74, 6) is 0. The Hall–Kier alpha value is -0.320. The van der Waals surface area contributed by atoms with Crippen LogP contribution in [0.3, 0.4) is 0 Å². The fourth-order valence-corrected chi connectivity index (χ4v) is 0.629. The van der Waals surface area contributed by atoms with Crippen LogP contribution >= 0.6 is 24.8 Å². The van der Waals surface area contributed by atoms with Crippen LogP contribution in [0.15, 0.2) is 6.20 Å². The topological polar surface area (TPSA) is 67.6 Å². The highest BCUT2D eigenvalue weighted by Crippen LogP contribution is 1.92. The van der Waals surface area contributed by atoms with Gasteiger partial charge in [-0.2, -0.15) is 15.4 Å². The molecular weight excluding hydrogens is 187 g/mol. The Balaban J connectivity index is 0. The third-order valence-corrected chi connectivity index (χ3v) is 1.10. The van der Waals surface area contributed by atoms with Crippen molar-refractivity contribution in [2.75, 3.05) is 6.54 Å². The summed E-state index contributed by atoms with van der Waals surface area (Å²) in [6.07, 6.45) is 3.62. The molecule has 0 aliphatic rings. The lowest BCUT2D eigenvalue weighted by Gasteiger charge is -1.88. The second kappa shape index (κ2) is 7.78. The van der Waals surface area contributed by atoms with Gasteiger partial charge in [0.25, 0.3) is 0 Å². The number of nitrogens with one attached hydrogen (secondary N) is 1. The summed E-state index contributed by atoms with van der Waals surface area (Å²) in [4.78, 5) is 0. The van der Waals surface area contributed by atoms with E-state index in [1.807, 2.05) is 0 Å². The zero-order valence-electron chi connectivity index (χ0n) is 5.99. The number of aromatic nitrogens is 3. The van der Waals surface area contributed by atoms with E-state index in [9.17, 15) is 0 Å². The van der Waals surface area contributed by atoms with Gasteiger partial charge in [-0.15, -0.1) is 24.8 Å². The highest BCUT2D eigenvalue weighted by molar-refractivity contribution is 5.85. The van der Waals surface area contributed by atoms with E-state index in [1.54, 1.807) is 6.20 Å². The predicted octanol–water partition coefficient (Wildman–Crippen LogP) is 0.540. The summed E-state index contributed by atoms with van der Waals surface area (Å²) < 4.78 is 0. The number of hydrogen-bond donors (Lipinski definition) is 2. The molecule has 6 heteroatoms. The molecule has 1 heterocycles. The highest BCUT2D eigenvalue weighted by atomic mass is 35.5. The quantitative estimate of drug-likeness (QED) is 0.746. The molecule has 1 aromatic rings. The minimum absolute atomic E-state index is 0. The summed E-state index contributed by atoms with van der Waals surface area (Å²) in [7, 11) is 0. The lowest BCUT2D eigenvalue weighted by molar-refractivity contribution is 0.800. The molecule has 0 saturated carbocycles. The van der Waals surface area contributed by atoms with E-state index >= 15 is 0 Å². The minimum atomic E-state index is 0. The van der Waals surface area contributed by atoms with Gasteiger partial charge in [0.05, 0.1) is 11.9 Å². The van der Waals surface area contributed by atoms with Crippen molar-refractivity contribution in [2.45, 2.75) is 12.8 Å². The summed E-state index contributed by atoms with van der Waals surface area (Å²) in [6.45, 7) is 0.715. The fraction of sp³-hybridized carbons (Fsp3) is 0.600. The van der Waals surface area contributed by atoms with Crippen molar-refractivity contribution in [3.8, 4) is 0 Å². The Morgan fingerprint density at radius 1 is 1.45 bits per heavy atom. The molecule has 1 aromatic heterocycles. The first-order valence-corrected chi connectivity index (χ1v) is 2.98. The van der Waals surface area contributed by atoms with Gasteiger partial charge in [-0.05, 0) is 19.4 Å². The normalized spacial score (nSPS) is 8.09. The first-order chi connectivity index (χ1) is 4.43. The Morgan fingerprint density at radius 2 is 2.18 bits per heavy atom. The van der Waals surface area contributed by atoms with Crippen molar-refractivity contribution in [1.29, 1.82) is 0 Å². The molecular formula is C5H12Cl2N4. The van der Waals surface area contributed by atoms with Crippen LogP contribution in [0.2, 0.25) is 0 Å². The number of hydrogen-bond acceptors (Lipinski definition) is 3. The maximum Gasteiger partial charge on any atom is 0.0825 e. The van der Waals surface area contributed by atoms with Crippen LogP contribution in [0.25, 0.3) is 0 Å². The minimum Gasteiger partial charge on any atom is -0.330 e. The predicted molar refractivity (Wildman–Crippen MR) is 48.3 cm³/mol. The van der Waals surface area contributed by atoms with Gasteiger partial charge in [0.2, 0.25) is 0 Å². The van der Waals surface area contributed by atoms with E-state index < -0.39 is 0 Å². The Kier molecular flexibility index (Phi) is 9.40. The second-order valence-electron chi connectivity index (χ2n) is 1.85. The average molecular weight is 199 g/mol. The highest BCUT2D eigenvalue weighted by Gasteiger charge is 1.91. The zero-order valence-corrected chi connectivity index (χ0v) is 7.62. The third-order valence-electron chi connectivity index (χ3n) is 1.10. The number of aryl methyl sites for hydroxylation is 1. The van der Waals surface area contributed by atoms with Crippen LogP contribution in [0.4, 0.5) is 0 Å². The molecule has 0 saturated heterocycles. The molecule has 0 aromatic carbocycles. The van der Waals surface area contributed by atoms with Crippen LogP contribution in [0.5, 0.6) is 0 Å². The van der Waals surface area contributed by atoms with E-state index in [2.05, 4.69) is 15.4 Å². The Morgan fingerprint density at radius 3 is 2.64 bits per heavy atom. The summed E-state index contributed by atoms with van der Waals surface area (Å²) in [5.41, 5.74) is 6.27. The third kappa shape index (κ3) is 5.01. The molecule has 0 radical (unpaired) electrons. The van der Waals surface area contributed by atoms with E-state index in [0.29, 0.717) is 6.54 Å². The largest absolute Gasteiger partial charge is 0.330 e. The first kappa shape index (κ1) is 13.3. The van der Waals surface area contributed by atoms with Gasteiger partial charge in [0.15, 0.2) is 0 Å². The van der Waals surface area contributed by atoms with E-state index in [4.69, 9.17) is 5.73 Å². The SMILES string of the molecule is Cl.Cl.NCCCc1cn[nH]n1. The number of H-pyrrole nitrogens is 1. The molecule has 1 rings (SSSR count). The van der Waals surface area contributed by atoms with Gasteiger partial charge in [0, 0.05) is 0 Å². The molecule has 0 fully saturated rings. The average Bonchev–Trinajstić information content (AvgIpc) is 2.34. The fourth-order valence-electron chi connectivity index (χ4n) is 0.629. The smallest absolute Gasteiger partial charge is 0.0825 e. The van der Waals surface area contributed by atoms with Crippen molar-refractivity contribution in [1.82, 2.24) is 15.4 Å². The molecule has 0 unspecified atom stereocenters. The maximum absolute atomic E-state index is 5.29. The Labute approximate surface area is 77.8 Å². The molecule has 3 N–H and O–H groups in total. The summed E-state index contributed by atoms with van der Waals surface area (Å²) in [6, 6.07) is 0. The first-order valence-electron chi connectivity index (χ1n) is 2.98. The molecule has 0 bridgehead atoms. The van der Waals surface area contributed by atoms with Gasteiger partial charge in [-0.3, -0.25) is 0 Å². The Bertz CT molecular complexity index is 154. The van der Waals surface area contributed by atoms with Crippen molar-refractivity contribution in [3.05, 3.63) is 11.9 Å². The summed E-state index contributed by atoms with van der Waals surface area (Å²) in [5, 5.41) is 10.1. The van der Waals surface area contributed by atoms with Crippen LogP contribution < -0.4 is 5.73 Å². The van der Waals surface area contributed by atoms with Crippen LogP contribution in [0, 0.1) is 0 Å². The van der Waals surface area contributed by atoms with Crippen molar-refractivity contribution < 1.29 is 0 Å². The van der Waals surface area contributed by atoms with Gasteiger partial charge >= 0.3 is 0 Å². The number of halogens is 2. The number of nitrogens with two attached hydrogens (primary N) is 1. The molecule has 11 heavy (non-hydrogen) atoms. The molecule has 0 aliphatic heterocycles. The lowest BCUT2D eigenvalue weighted by atomic mass is 10.2.